The number of benzene rings is 1. The number of nitrogens with two attached hydrogens (primary N) is 1. The molecule has 1 aromatic carbocycles. The van der Waals surface area contributed by atoms with E-state index in [0.29, 0.717) is 16.7 Å². The van der Waals surface area contributed by atoms with Crippen LogP contribution in [-0.2, 0) is 0 Å². The molecule has 0 fully saturated rings. The van der Waals surface area contributed by atoms with Crippen molar-refractivity contribution in [1.29, 1.82) is 10.8 Å². The lowest BCUT2D eigenvalue weighted by atomic mass is 10.0. The molecule has 0 amide bonds. The maximum atomic E-state index is 9.73. The van der Waals surface area contributed by atoms with Gasteiger partial charge in [0.05, 0.1) is 5.71 Å². The van der Waals surface area contributed by atoms with Gasteiger partial charge in [0.25, 0.3) is 0 Å². The first-order valence-electron chi connectivity index (χ1n) is 4.87. The molecule has 17 heavy (non-hydrogen) atoms. The van der Waals surface area contributed by atoms with E-state index in [2.05, 4.69) is 5.92 Å². The highest BCUT2D eigenvalue weighted by atomic mass is 16.3. The molecule has 0 atom stereocenters. The zero-order valence-corrected chi connectivity index (χ0v) is 9.41. The number of phenolic OH excluding ortho intramolecular Hbond substituents is 1. The number of hydrogen-bond donors (Lipinski definition) is 4. The molecule has 86 valence electrons. The molecular formula is C13H13N3O. The first-order chi connectivity index (χ1) is 7.95. The van der Waals surface area contributed by atoms with E-state index in [0.717, 1.165) is 0 Å². The summed E-state index contributed by atoms with van der Waals surface area (Å²) in [6, 6.07) is 4.64. The van der Waals surface area contributed by atoms with E-state index in [1.807, 2.05) is 0 Å². The van der Waals surface area contributed by atoms with Crippen LogP contribution < -0.4 is 5.73 Å². The van der Waals surface area contributed by atoms with Crippen molar-refractivity contribution in [2.24, 2.45) is 5.73 Å². The second-order valence-electron chi connectivity index (χ2n) is 3.53. The van der Waals surface area contributed by atoms with Gasteiger partial charge in [-0.2, -0.15) is 0 Å². The van der Waals surface area contributed by atoms with E-state index in [1.165, 1.54) is 12.1 Å². The third kappa shape index (κ3) is 2.95. The zero-order chi connectivity index (χ0) is 13.0. The lowest BCUT2D eigenvalue weighted by Crippen LogP contribution is -2.09. The number of hydrogen-bond acceptors (Lipinski definition) is 3. The molecule has 0 aromatic heterocycles. The number of terminal acetylenes is 1. The van der Waals surface area contributed by atoms with Crippen LogP contribution in [0.2, 0.25) is 0 Å². The number of amidine groups is 1. The van der Waals surface area contributed by atoms with E-state index in [4.69, 9.17) is 23.0 Å². The molecule has 4 nitrogen and oxygen atoms in total. The fraction of sp³-hybridized carbons (Fsp3) is 0.0769. The summed E-state index contributed by atoms with van der Waals surface area (Å²) in [6.07, 6.45) is 6.56. The highest BCUT2D eigenvalue weighted by Gasteiger charge is 2.09. The lowest BCUT2D eigenvalue weighted by Gasteiger charge is -2.07. The summed E-state index contributed by atoms with van der Waals surface area (Å²) in [6.45, 7) is 1.65. The van der Waals surface area contributed by atoms with Crippen molar-refractivity contribution in [3.05, 3.63) is 41.0 Å². The Hall–Kier alpha value is -2.54. The van der Waals surface area contributed by atoms with E-state index in [-0.39, 0.29) is 17.3 Å². The summed E-state index contributed by atoms with van der Waals surface area (Å²) in [5.74, 6) is 2.21. The van der Waals surface area contributed by atoms with E-state index in [9.17, 15) is 5.11 Å². The van der Waals surface area contributed by atoms with Gasteiger partial charge in [-0.15, -0.1) is 6.42 Å². The van der Waals surface area contributed by atoms with Crippen LogP contribution in [0.25, 0.3) is 0 Å². The number of nitrogens with one attached hydrogen (secondary N) is 2. The summed E-state index contributed by atoms with van der Waals surface area (Å²) < 4.78 is 0. The van der Waals surface area contributed by atoms with E-state index >= 15 is 0 Å². The fourth-order valence-electron chi connectivity index (χ4n) is 1.35. The van der Waals surface area contributed by atoms with Gasteiger partial charge in [0.2, 0.25) is 0 Å². The summed E-state index contributed by atoms with van der Waals surface area (Å²) in [5, 5.41) is 24.7. The molecule has 0 aliphatic carbocycles. The molecule has 1 aromatic rings. The fourth-order valence-corrected chi connectivity index (χ4v) is 1.35. The SMILES string of the molecule is C#Cc1ccc(C(=N)/C(C)=C\C(=N)N)c(O)c1. The minimum Gasteiger partial charge on any atom is -0.507 e. The maximum absolute atomic E-state index is 9.73. The monoisotopic (exact) mass is 227 g/mol. The smallest absolute Gasteiger partial charge is 0.126 e. The Morgan fingerprint density at radius 1 is 1.47 bits per heavy atom. The molecule has 0 saturated heterocycles. The number of allylic oxidation sites excluding steroid dienone is 1. The van der Waals surface area contributed by atoms with Crippen molar-refractivity contribution in [3.8, 4) is 18.1 Å². The molecular weight excluding hydrogens is 214 g/mol. The van der Waals surface area contributed by atoms with E-state index < -0.39 is 0 Å². The molecule has 1 rings (SSSR count). The molecule has 0 aliphatic rings. The van der Waals surface area contributed by atoms with Gasteiger partial charge in [-0.3, -0.25) is 10.8 Å². The minimum atomic E-state index is -0.132. The molecule has 0 aliphatic heterocycles. The van der Waals surface area contributed by atoms with Gasteiger partial charge >= 0.3 is 0 Å². The number of aromatic hydroxyl groups is 1. The number of phenols is 1. The Labute approximate surface area is 99.8 Å². The van der Waals surface area contributed by atoms with Gasteiger partial charge in [-0.25, -0.2) is 0 Å². The Balaban J connectivity index is 3.15. The lowest BCUT2D eigenvalue weighted by molar-refractivity contribution is 0.474. The predicted octanol–water partition coefficient (Wildman–Crippen LogP) is 1.62. The van der Waals surface area contributed by atoms with Crippen LogP contribution in [0, 0.1) is 23.2 Å². The molecule has 0 saturated carbocycles. The van der Waals surface area contributed by atoms with Crippen molar-refractivity contribution in [2.75, 3.05) is 0 Å². The molecule has 4 heteroatoms. The van der Waals surface area contributed by atoms with Crippen LogP contribution in [0.15, 0.2) is 29.8 Å². The summed E-state index contributed by atoms with van der Waals surface area (Å²) in [5.41, 5.74) is 6.74. The third-order valence-electron chi connectivity index (χ3n) is 2.20. The zero-order valence-electron chi connectivity index (χ0n) is 9.41. The van der Waals surface area contributed by atoms with Crippen molar-refractivity contribution in [2.45, 2.75) is 6.92 Å². The topological polar surface area (TPSA) is 94.0 Å². The quantitative estimate of drug-likeness (QED) is 0.359. The van der Waals surface area contributed by atoms with Crippen LogP contribution in [0.4, 0.5) is 0 Å². The number of rotatable bonds is 3. The van der Waals surface area contributed by atoms with E-state index in [1.54, 1.807) is 19.1 Å². The van der Waals surface area contributed by atoms with Gasteiger partial charge < -0.3 is 10.8 Å². The van der Waals surface area contributed by atoms with Crippen LogP contribution in [0.3, 0.4) is 0 Å². The summed E-state index contributed by atoms with van der Waals surface area (Å²) in [4.78, 5) is 0. The molecule has 0 unspecified atom stereocenters. The van der Waals surface area contributed by atoms with Crippen LogP contribution in [-0.4, -0.2) is 16.7 Å². The average molecular weight is 227 g/mol. The van der Waals surface area contributed by atoms with Crippen molar-refractivity contribution in [1.82, 2.24) is 0 Å². The van der Waals surface area contributed by atoms with Gasteiger partial charge in [0.15, 0.2) is 0 Å². The molecule has 0 bridgehead atoms. The van der Waals surface area contributed by atoms with Crippen molar-refractivity contribution >= 4 is 11.5 Å². The predicted molar refractivity (Wildman–Crippen MR) is 68.5 cm³/mol. The third-order valence-corrected chi connectivity index (χ3v) is 2.20. The van der Waals surface area contributed by atoms with Crippen LogP contribution in [0.5, 0.6) is 5.75 Å². The minimum absolute atomic E-state index is 0.0539. The van der Waals surface area contributed by atoms with Crippen LogP contribution in [0.1, 0.15) is 18.1 Å². The molecule has 0 radical (unpaired) electrons. The van der Waals surface area contributed by atoms with Crippen LogP contribution >= 0.6 is 0 Å². The first kappa shape index (κ1) is 12.5. The Bertz CT molecular complexity index is 550. The average Bonchev–Trinajstić information content (AvgIpc) is 2.27. The molecule has 5 N–H and O–H groups in total. The molecule has 0 spiro atoms. The Morgan fingerprint density at radius 3 is 2.59 bits per heavy atom. The highest BCUT2D eigenvalue weighted by Crippen LogP contribution is 2.21. The van der Waals surface area contributed by atoms with Gasteiger partial charge in [0, 0.05) is 11.1 Å². The summed E-state index contributed by atoms with van der Waals surface area (Å²) >= 11 is 0. The largest absolute Gasteiger partial charge is 0.507 e. The Kier molecular flexibility index (Phi) is 3.68. The second-order valence-corrected chi connectivity index (χ2v) is 3.53. The van der Waals surface area contributed by atoms with Gasteiger partial charge in [0.1, 0.15) is 11.6 Å². The van der Waals surface area contributed by atoms with Gasteiger partial charge in [-0.05, 0) is 36.8 Å². The highest BCUT2D eigenvalue weighted by molar-refractivity contribution is 6.14. The summed E-state index contributed by atoms with van der Waals surface area (Å²) in [7, 11) is 0. The maximum Gasteiger partial charge on any atom is 0.126 e. The first-order valence-corrected chi connectivity index (χ1v) is 4.87. The molecule has 0 heterocycles. The second kappa shape index (κ2) is 4.99. The van der Waals surface area contributed by atoms with Gasteiger partial charge in [-0.1, -0.05) is 5.92 Å². The Morgan fingerprint density at radius 2 is 2.12 bits per heavy atom. The normalized spacial score (nSPS) is 10.7. The standard InChI is InChI=1S/C13H13N3O/c1-3-9-4-5-10(11(17)7-9)13(16)8(2)6-12(14)15/h1,4-7,16-17H,2H3,(H3,14,15)/b8-6-,16-13?. The van der Waals surface area contributed by atoms with Crippen molar-refractivity contribution < 1.29 is 5.11 Å². The van der Waals surface area contributed by atoms with Crippen molar-refractivity contribution in [3.63, 3.8) is 0 Å².